The number of hydrogen-bond donors (Lipinski definition) is 1. The third-order valence-electron chi connectivity index (χ3n) is 5.27. The van der Waals surface area contributed by atoms with Gasteiger partial charge in [-0.1, -0.05) is 13.8 Å². The first-order valence-corrected chi connectivity index (χ1v) is 6.30. The molecule has 4 bridgehead atoms. The van der Waals surface area contributed by atoms with E-state index < -0.39 is 0 Å². The molecular formula is C12H21BO. The highest BCUT2D eigenvalue weighted by Gasteiger charge is 2.62. The van der Waals surface area contributed by atoms with E-state index in [4.69, 9.17) is 0 Å². The molecule has 2 heteroatoms. The Hall–Kier alpha value is 0.0249. The fourth-order valence-electron chi connectivity index (χ4n) is 5.01. The molecule has 0 aromatic rings. The number of rotatable bonds is 2. The van der Waals surface area contributed by atoms with Gasteiger partial charge in [-0.3, -0.25) is 0 Å². The van der Waals surface area contributed by atoms with Gasteiger partial charge in [0.15, 0.2) is 0 Å². The van der Waals surface area contributed by atoms with Crippen LogP contribution in [0.15, 0.2) is 0 Å². The monoisotopic (exact) mass is 192 g/mol. The van der Waals surface area contributed by atoms with Gasteiger partial charge in [0.1, 0.15) is 0 Å². The molecule has 14 heavy (non-hydrogen) atoms. The molecular weight excluding hydrogens is 171 g/mol. The van der Waals surface area contributed by atoms with Crippen molar-refractivity contribution in [3.05, 3.63) is 0 Å². The maximum absolute atomic E-state index is 10.4. The van der Waals surface area contributed by atoms with Gasteiger partial charge in [0.05, 0.1) is 0 Å². The molecule has 2 atom stereocenters. The third kappa shape index (κ3) is 1.01. The molecule has 4 aliphatic rings. The Morgan fingerprint density at radius 2 is 1.71 bits per heavy atom. The maximum atomic E-state index is 10.4. The molecule has 0 aromatic carbocycles. The summed E-state index contributed by atoms with van der Waals surface area (Å²) in [5.74, 6) is 3.28. The van der Waals surface area contributed by atoms with Crippen molar-refractivity contribution in [1.82, 2.24) is 0 Å². The zero-order valence-electron chi connectivity index (χ0n) is 9.37. The Morgan fingerprint density at radius 3 is 2.21 bits per heavy atom. The van der Waals surface area contributed by atoms with Gasteiger partial charge in [-0.15, -0.1) is 0 Å². The summed E-state index contributed by atoms with van der Waals surface area (Å²) in [6, 6.07) is 0. The largest absolute Gasteiger partial charge is 0.450 e. The molecule has 0 radical (unpaired) electrons. The first-order chi connectivity index (χ1) is 6.62. The zero-order chi connectivity index (χ0) is 9.92. The molecule has 0 spiro atoms. The lowest BCUT2D eigenvalue weighted by atomic mass is 9.36. The normalized spacial score (nSPS) is 49.3. The van der Waals surface area contributed by atoms with E-state index in [9.17, 15) is 5.02 Å². The summed E-state index contributed by atoms with van der Waals surface area (Å²) >= 11 is 0. The van der Waals surface area contributed by atoms with Crippen LogP contribution < -0.4 is 0 Å². The molecule has 1 N–H and O–H groups in total. The molecule has 78 valence electrons. The second-order valence-electron chi connectivity index (χ2n) is 6.47. The van der Waals surface area contributed by atoms with Crippen molar-refractivity contribution in [3.63, 3.8) is 0 Å². The Kier molecular flexibility index (Phi) is 1.84. The van der Waals surface area contributed by atoms with Crippen molar-refractivity contribution >= 4 is 6.92 Å². The summed E-state index contributed by atoms with van der Waals surface area (Å²) < 4.78 is 0. The van der Waals surface area contributed by atoms with Crippen LogP contribution >= 0.6 is 0 Å². The van der Waals surface area contributed by atoms with E-state index in [-0.39, 0.29) is 6.92 Å². The minimum absolute atomic E-state index is 0.0252. The Bertz CT molecular complexity index is 237. The fraction of sp³-hybridized carbons (Fsp3) is 1.00. The molecule has 0 saturated heterocycles. The highest BCUT2D eigenvalue weighted by Crippen LogP contribution is 2.71. The Morgan fingerprint density at radius 1 is 1.14 bits per heavy atom. The van der Waals surface area contributed by atoms with Gasteiger partial charge in [0, 0.05) is 0 Å². The van der Waals surface area contributed by atoms with E-state index in [2.05, 4.69) is 13.8 Å². The van der Waals surface area contributed by atoms with Gasteiger partial charge in [-0.2, -0.15) is 0 Å². The predicted octanol–water partition coefficient (Wildman–Crippen LogP) is 2.96. The minimum Gasteiger partial charge on any atom is -0.450 e. The van der Waals surface area contributed by atoms with Crippen molar-refractivity contribution in [2.75, 3.05) is 0 Å². The van der Waals surface area contributed by atoms with Crippen molar-refractivity contribution in [1.29, 1.82) is 0 Å². The van der Waals surface area contributed by atoms with Gasteiger partial charge in [-0.05, 0) is 61.0 Å². The summed E-state index contributed by atoms with van der Waals surface area (Å²) in [7, 11) is 0. The summed E-state index contributed by atoms with van der Waals surface area (Å²) in [5.41, 5.74) is 0. The molecule has 4 fully saturated rings. The third-order valence-corrected chi connectivity index (χ3v) is 5.27. The maximum Gasteiger partial charge on any atom is 0.298 e. The van der Waals surface area contributed by atoms with Crippen LogP contribution in [0.5, 0.6) is 0 Å². The lowest BCUT2D eigenvalue weighted by Gasteiger charge is -2.36. The first-order valence-electron chi connectivity index (χ1n) is 6.30. The topological polar surface area (TPSA) is 20.2 Å². The van der Waals surface area contributed by atoms with Crippen LogP contribution in [0.2, 0.25) is 11.1 Å². The number of hydrogen-bond acceptors (Lipinski definition) is 1. The van der Waals surface area contributed by atoms with E-state index in [0.29, 0.717) is 11.1 Å². The fourth-order valence-corrected chi connectivity index (χ4v) is 5.01. The van der Waals surface area contributed by atoms with Gasteiger partial charge >= 0.3 is 0 Å². The average Bonchev–Trinajstić information content (AvgIpc) is 2.51. The predicted molar refractivity (Wildman–Crippen MR) is 59.3 cm³/mol. The molecule has 2 unspecified atom stereocenters. The lowest BCUT2D eigenvalue weighted by molar-refractivity contribution is 0.276. The van der Waals surface area contributed by atoms with Crippen molar-refractivity contribution < 1.29 is 5.02 Å². The molecule has 4 rings (SSSR count). The van der Waals surface area contributed by atoms with Crippen LogP contribution in [0.25, 0.3) is 0 Å². The van der Waals surface area contributed by atoms with E-state index in [1.807, 2.05) is 0 Å². The smallest absolute Gasteiger partial charge is 0.298 e. The highest BCUT2D eigenvalue weighted by atomic mass is 16.2. The SMILES string of the molecule is CC(C)B(O)C12CC3CC(CC1C3)C2. The van der Waals surface area contributed by atoms with E-state index >= 15 is 0 Å². The summed E-state index contributed by atoms with van der Waals surface area (Å²) in [6.45, 7) is 4.33. The van der Waals surface area contributed by atoms with Crippen molar-refractivity contribution in [2.45, 2.75) is 57.1 Å². The summed E-state index contributed by atoms with van der Waals surface area (Å²) in [4.78, 5) is 0. The second kappa shape index (κ2) is 2.78. The molecule has 0 aromatic heterocycles. The summed E-state index contributed by atoms with van der Waals surface area (Å²) in [6.07, 6.45) is 7.02. The first kappa shape index (κ1) is 9.27. The highest BCUT2D eigenvalue weighted by molar-refractivity contribution is 6.56. The molecule has 1 nitrogen and oxygen atoms in total. The van der Waals surface area contributed by atoms with E-state index in [0.717, 1.165) is 17.8 Å². The zero-order valence-corrected chi connectivity index (χ0v) is 9.37. The Labute approximate surface area is 87.4 Å². The van der Waals surface area contributed by atoms with E-state index in [1.165, 1.54) is 32.1 Å². The second-order valence-corrected chi connectivity index (χ2v) is 6.47. The standard InChI is InChI=1S/C12H21BO/c1-8(2)13(14)12-6-9-3-10(7-12)5-11(12)4-9/h8-11,14H,3-7H2,1-2H3. The minimum atomic E-state index is -0.0252. The van der Waals surface area contributed by atoms with E-state index in [1.54, 1.807) is 0 Å². The molecule has 0 aliphatic heterocycles. The quantitative estimate of drug-likeness (QED) is 0.667. The van der Waals surface area contributed by atoms with Crippen molar-refractivity contribution in [3.8, 4) is 0 Å². The van der Waals surface area contributed by atoms with Crippen LogP contribution in [0.1, 0.15) is 46.0 Å². The van der Waals surface area contributed by atoms with Gasteiger partial charge in [0.25, 0.3) is 6.92 Å². The van der Waals surface area contributed by atoms with Crippen LogP contribution in [0.4, 0.5) is 0 Å². The Balaban J connectivity index is 1.90. The lowest BCUT2D eigenvalue weighted by Crippen LogP contribution is -2.36. The van der Waals surface area contributed by atoms with Crippen LogP contribution in [0, 0.1) is 17.8 Å². The molecule has 0 amide bonds. The molecule has 4 aliphatic carbocycles. The van der Waals surface area contributed by atoms with Crippen LogP contribution in [-0.4, -0.2) is 11.9 Å². The molecule has 4 saturated carbocycles. The molecule has 0 heterocycles. The van der Waals surface area contributed by atoms with Crippen molar-refractivity contribution in [2.24, 2.45) is 17.8 Å². The van der Waals surface area contributed by atoms with Gasteiger partial charge < -0.3 is 5.02 Å². The van der Waals surface area contributed by atoms with Gasteiger partial charge in [0.2, 0.25) is 0 Å². The average molecular weight is 192 g/mol. The van der Waals surface area contributed by atoms with Crippen LogP contribution in [0.3, 0.4) is 0 Å². The van der Waals surface area contributed by atoms with Gasteiger partial charge in [-0.25, -0.2) is 0 Å². The summed E-state index contributed by atoms with van der Waals surface area (Å²) in [5, 5.41) is 10.8. The van der Waals surface area contributed by atoms with Crippen LogP contribution in [-0.2, 0) is 0 Å².